The Morgan fingerprint density at radius 2 is 2.04 bits per heavy atom. The van der Waals surface area contributed by atoms with Gasteiger partial charge in [-0.2, -0.15) is 0 Å². The SMILES string of the molecule is Cc1ccc(C(=O)N2CC3(CC(OCC4CCOCC4)CCO3)C2)o1. The van der Waals surface area contributed by atoms with Gasteiger partial charge in [-0.15, -0.1) is 0 Å². The van der Waals surface area contributed by atoms with Crippen molar-refractivity contribution in [3.05, 3.63) is 23.7 Å². The Bertz CT molecular complexity index is 601. The second kappa shape index (κ2) is 7.09. The molecule has 3 aliphatic heterocycles. The molecule has 0 radical (unpaired) electrons. The van der Waals surface area contributed by atoms with Crippen LogP contribution in [0.1, 0.15) is 42.0 Å². The number of hydrogen-bond donors (Lipinski definition) is 0. The van der Waals surface area contributed by atoms with Crippen LogP contribution in [-0.4, -0.2) is 62.0 Å². The average Bonchev–Trinajstić information content (AvgIpc) is 3.05. The van der Waals surface area contributed by atoms with Crippen molar-refractivity contribution in [2.24, 2.45) is 5.92 Å². The smallest absolute Gasteiger partial charge is 0.289 e. The molecule has 0 aliphatic carbocycles. The molecule has 0 saturated carbocycles. The summed E-state index contributed by atoms with van der Waals surface area (Å²) in [5.41, 5.74) is -0.226. The first kappa shape index (κ1) is 17.1. The van der Waals surface area contributed by atoms with Crippen molar-refractivity contribution in [2.45, 2.75) is 44.3 Å². The molecule has 1 spiro atoms. The van der Waals surface area contributed by atoms with E-state index >= 15 is 0 Å². The van der Waals surface area contributed by atoms with Crippen LogP contribution in [-0.2, 0) is 14.2 Å². The van der Waals surface area contributed by atoms with Crippen LogP contribution < -0.4 is 0 Å². The van der Waals surface area contributed by atoms with Crippen LogP contribution in [0.25, 0.3) is 0 Å². The third-order valence-corrected chi connectivity index (χ3v) is 5.55. The predicted octanol–water partition coefficient (Wildman–Crippen LogP) is 2.40. The predicted molar refractivity (Wildman–Crippen MR) is 90.5 cm³/mol. The van der Waals surface area contributed by atoms with Gasteiger partial charge in [0.25, 0.3) is 5.91 Å². The first-order chi connectivity index (χ1) is 12.1. The lowest BCUT2D eigenvalue weighted by Gasteiger charge is -2.52. The number of aryl methyl sites for hydroxylation is 1. The number of hydrogen-bond acceptors (Lipinski definition) is 5. The lowest BCUT2D eigenvalue weighted by atomic mass is 9.84. The van der Waals surface area contributed by atoms with Crippen molar-refractivity contribution >= 4 is 5.91 Å². The highest BCUT2D eigenvalue weighted by atomic mass is 16.5. The zero-order valence-corrected chi connectivity index (χ0v) is 14.9. The Morgan fingerprint density at radius 1 is 1.24 bits per heavy atom. The van der Waals surface area contributed by atoms with E-state index in [2.05, 4.69) is 0 Å². The number of amides is 1. The molecule has 138 valence electrons. The van der Waals surface area contributed by atoms with Gasteiger partial charge in [0, 0.05) is 32.8 Å². The Morgan fingerprint density at radius 3 is 2.76 bits per heavy atom. The summed E-state index contributed by atoms with van der Waals surface area (Å²) >= 11 is 0. The van der Waals surface area contributed by atoms with E-state index in [9.17, 15) is 4.79 Å². The van der Waals surface area contributed by atoms with Gasteiger partial charge in [-0.05, 0) is 44.2 Å². The molecule has 0 bridgehead atoms. The molecule has 0 aromatic carbocycles. The van der Waals surface area contributed by atoms with Crippen LogP contribution in [0.4, 0.5) is 0 Å². The zero-order valence-electron chi connectivity index (χ0n) is 14.9. The Hall–Kier alpha value is -1.37. The molecular formula is C19H27NO5. The minimum Gasteiger partial charge on any atom is -0.456 e. The maximum atomic E-state index is 12.4. The van der Waals surface area contributed by atoms with Gasteiger partial charge in [-0.1, -0.05) is 0 Å². The van der Waals surface area contributed by atoms with E-state index in [-0.39, 0.29) is 17.6 Å². The van der Waals surface area contributed by atoms with Crippen LogP contribution in [0, 0.1) is 12.8 Å². The maximum Gasteiger partial charge on any atom is 0.289 e. The molecule has 0 N–H and O–H groups in total. The third kappa shape index (κ3) is 3.76. The summed E-state index contributed by atoms with van der Waals surface area (Å²) in [5.74, 6) is 1.74. The normalized spacial score (nSPS) is 26.6. The molecule has 25 heavy (non-hydrogen) atoms. The highest BCUT2D eigenvalue weighted by Crippen LogP contribution is 2.36. The molecule has 3 aliphatic rings. The van der Waals surface area contributed by atoms with Crippen LogP contribution >= 0.6 is 0 Å². The number of nitrogens with zero attached hydrogens (tertiary/aromatic N) is 1. The molecule has 1 atom stereocenters. The average molecular weight is 349 g/mol. The molecule has 3 fully saturated rings. The van der Waals surface area contributed by atoms with E-state index in [0.29, 0.717) is 31.4 Å². The highest BCUT2D eigenvalue weighted by Gasteiger charge is 2.50. The quantitative estimate of drug-likeness (QED) is 0.835. The Balaban J connectivity index is 1.26. The minimum atomic E-state index is -0.226. The van der Waals surface area contributed by atoms with E-state index < -0.39 is 0 Å². The fraction of sp³-hybridized carbons (Fsp3) is 0.737. The monoisotopic (exact) mass is 349 g/mol. The standard InChI is InChI=1S/C19H27NO5/c1-14-2-3-17(25-14)18(21)20-12-19(13-20)10-16(6-9-24-19)23-11-15-4-7-22-8-5-15/h2-3,15-16H,4-13H2,1H3. The molecule has 1 aromatic rings. The van der Waals surface area contributed by atoms with Gasteiger partial charge in [0.1, 0.15) is 11.4 Å². The number of furan rings is 1. The summed E-state index contributed by atoms with van der Waals surface area (Å²) in [6.07, 6.45) is 4.24. The van der Waals surface area contributed by atoms with Gasteiger partial charge in [-0.3, -0.25) is 4.79 Å². The van der Waals surface area contributed by atoms with Crippen molar-refractivity contribution in [1.29, 1.82) is 0 Å². The summed E-state index contributed by atoms with van der Waals surface area (Å²) in [6.45, 7) is 6.34. The van der Waals surface area contributed by atoms with E-state index in [4.69, 9.17) is 18.6 Å². The van der Waals surface area contributed by atoms with Crippen LogP contribution in [0.5, 0.6) is 0 Å². The van der Waals surface area contributed by atoms with Gasteiger partial charge in [0.05, 0.1) is 19.2 Å². The summed E-state index contributed by atoms with van der Waals surface area (Å²) in [4.78, 5) is 14.2. The molecule has 4 heterocycles. The third-order valence-electron chi connectivity index (χ3n) is 5.55. The molecule has 6 nitrogen and oxygen atoms in total. The second-order valence-corrected chi connectivity index (χ2v) is 7.61. The maximum absolute atomic E-state index is 12.4. The fourth-order valence-corrected chi connectivity index (χ4v) is 4.03. The summed E-state index contributed by atoms with van der Waals surface area (Å²) in [6, 6.07) is 3.56. The van der Waals surface area contributed by atoms with E-state index in [1.807, 2.05) is 13.0 Å². The van der Waals surface area contributed by atoms with Crippen LogP contribution in [0.2, 0.25) is 0 Å². The number of likely N-dealkylation sites (tertiary alicyclic amines) is 1. The minimum absolute atomic E-state index is 0.0485. The van der Waals surface area contributed by atoms with E-state index in [1.165, 1.54) is 0 Å². The van der Waals surface area contributed by atoms with Gasteiger partial charge in [-0.25, -0.2) is 0 Å². The lowest BCUT2D eigenvalue weighted by molar-refractivity contribution is -0.189. The largest absolute Gasteiger partial charge is 0.456 e. The van der Waals surface area contributed by atoms with Gasteiger partial charge < -0.3 is 23.5 Å². The highest BCUT2D eigenvalue weighted by molar-refractivity contribution is 5.92. The summed E-state index contributed by atoms with van der Waals surface area (Å²) < 4.78 is 23.0. The first-order valence-corrected chi connectivity index (χ1v) is 9.33. The lowest BCUT2D eigenvalue weighted by Crippen LogP contribution is -2.67. The number of carbonyl (C=O) groups is 1. The van der Waals surface area contributed by atoms with Gasteiger partial charge >= 0.3 is 0 Å². The molecule has 1 amide bonds. The Kier molecular flexibility index (Phi) is 4.84. The molecular weight excluding hydrogens is 322 g/mol. The molecule has 3 saturated heterocycles. The zero-order chi connectivity index (χ0) is 17.3. The van der Waals surface area contributed by atoms with Crippen molar-refractivity contribution in [2.75, 3.05) is 39.5 Å². The van der Waals surface area contributed by atoms with Crippen molar-refractivity contribution < 1.29 is 23.4 Å². The molecule has 6 heteroatoms. The van der Waals surface area contributed by atoms with Crippen LogP contribution in [0.15, 0.2) is 16.5 Å². The van der Waals surface area contributed by atoms with Crippen LogP contribution in [0.3, 0.4) is 0 Å². The number of rotatable bonds is 4. The molecule has 1 unspecified atom stereocenters. The van der Waals surface area contributed by atoms with Crippen molar-refractivity contribution in [1.82, 2.24) is 4.90 Å². The van der Waals surface area contributed by atoms with Crippen molar-refractivity contribution in [3.63, 3.8) is 0 Å². The topological polar surface area (TPSA) is 61.1 Å². The summed E-state index contributed by atoms with van der Waals surface area (Å²) in [5, 5.41) is 0. The number of ether oxygens (including phenoxy) is 3. The molecule has 1 aromatic heterocycles. The van der Waals surface area contributed by atoms with Gasteiger partial charge in [0.15, 0.2) is 5.76 Å². The molecule has 4 rings (SSSR count). The summed E-state index contributed by atoms with van der Waals surface area (Å²) in [7, 11) is 0. The van der Waals surface area contributed by atoms with Gasteiger partial charge in [0.2, 0.25) is 0 Å². The Labute approximate surface area is 148 Å². The second-order valence-electron chi connectivity index (χ2n) is 7.61. The van der Waals surface area contributed by atoms with E-state index in [1.54, 1.807) is 11.0 Å². The van der Waals surface area contributed by atoms with Crippen molar-refractivity contribution in [3.8, 4) is 0 Å². The first-order valence-electron chi connectivity index (χ1n) is 9.33. The van der Waals surface area contributed by atoms with E-state index in [0.717, 1.165) is 51.3 Å². The fourth-order valence-electron chi connectivity index (χ4n) is 4.03. The number of carbonyl (C=O) groups excluding carboxylic acids is 1.